The van der Waals surface area contributed by atoms with Gasteiger partial charge in [0, 0.05) is 24.6 Å². The average Bonchev–Trinajstić information content (AvgIpc) is 2.86. The molecule has 7 heteroatoms. The molecule has 0 bridgehead atoms. The number of benzene rings is 1. The van der Waals surface area contributed by atoms with Gasteiger partial charge in [0.05, 0.1) is 11.1 Å². The third-order valence-electron chi connectivity index (χ3n) is 2.73. The lowest BCUT2D eigenvalue weighted by Crippen LogP contribution is -2.12. The number of carbonyl (C=O) groups is 1. The maximum absolute atomic E-state index is 10.7. The van der Waals surface area contributed by atoms with E-state index in [0.717, 1.165) is 11.1 Å². The first-order valence-corrected chi connectivity index (χ1v) is 6.12. The van der Waals surface area contributed by atoms with Crippen molar-refractivity contribution < 1.29 is 14.1 Å². The van der Waals surface area contributed by atoms with Gasteiger partial charge in [0.15, 0.2) is 0 Å². The van der Waals surface area contributed by atoms with Gasteiger partial charge in [-0.1, -0.05) is 0 Å². The van der Waals surface area contributed by atoms with Crippen LogP contribution in [0.15, 0.2) is 39.9 Å². The molecule has 2 aromatic rings. The van der Waals surface area contributed by atoms with Crippen molar-refractivity contribution in [2.45, 2.75) is 13.8 Å². The Bertz CT molecular complexity index is 719. The van der Waals surface area contributed by atoms with Gasteiger partial charge in [-0.2, -0.15) is 5.10 Å². The van der Waals surface area contributed by atoms with Crippen LogP contribution in [0.5, 0.6) is 0 Å². The second-order valence-electron chi connectivity index (χ2n) is 4.38. The van der Waals surface area contributed by atoms with Crippen LogP contribution in [0.2, 0.25) is 0 Å². The molecule has 108 valence electrons. The number of carbonyl (C=O) groups excluding carboxylic acids is 1. The number of nitrogens with one attached hydrogen (secondary N) is 1. The SMILES string of the molecule is CC(=O)N/N=C\c1ccc(-c2ccc([N+](=O)[O-])cc2C)o1. The number of hydrazone groups is 1. The molecule has 0 spiro atoms. The van der Waals surface area contributed by atoms with E-state index in [2.05, 4.69) is 10.5 Å². The summed E-state index contributed by atoms with van der Waals surface area (Å²) < 4.78 is 5.56. The monoisotopic (exact) mass is 287 g/mol. The zero-order chi connectivity index (χ0) is 15.4. The third-order valence-corrected chi connectivity index (χ3v) is 2.73. The standard InChI is InChI=1S/C14H13N3O4/c1-9-7-11(17(19)20)3-5-13(9)14-6-4-12(21-14)8-15-16-10(2)18/h3-8H,1-2H3,(H,16,18)/b15-8-. The van der Waals surface area contributed by atoms with Crippen LogP contribution < -0.4 is 5.43 Å². The summed E-state index contributed by atoms with van der Waals surface area (Å²) in [5, 5.41) is 14.4. The summed E-state index contributed by atoms with van der Waals surface area (Å²) in [4.78, 5) is 21.0. The number of non-ortho nitro benzene ring substituents is 1. The van der Waals surface area contributed by atoms with Crippen molar-refractivity contribution in [3.05, 3.63) is 51.8 Å². The Kier molecular flexibility index (Phi) is 4.13. The van der Waals surface area contributed by atoms with E-state index in [9.17, 15) is 14.9 Å². The average molecular weight is 287 g/mol. The zero-order valence-corrected chi connectivity index (χ0v) is 11.5. The van der Waals surface area contributed by atoms with Gasteiger partial charge in [0.2, 0.25) is 5.91 Å². The van der Waals surface area contributed by atoms with Crippen LogP contribution in [-0.2, 0) is 4.79 Å². The molecule has 0 fully saturated rings. The fourth-order valence-electron chi connectivity index (χ4n) is 1.79. The van der Waals surface area contributed by atoms with Gasteiger partial charge in [-0.25, -0.2) is 5.43 Å². The number of hydrogen-bond acceptors (Lipinski definition) is 5. The van der Waals surface area contributed by atoms with Crippen molar-refractivity contribution >= 4 is 17.8 Å². The van der Waals surface area contributed by atoms with Gasteiger partial charge in [-0.05, 0) is 30.7 Å². The molecule has 0 radical (unpaired) electrons. The van der Waals surface area contributed by atoms with Gasteiger partial charge >= 0.3 is 0 Å². The summed E-state index contributed by atoms with van der Waals surface area (Å²) in [5.41, 5.74) is 3.81. The predicted octanol–water partition coefficient (Wildman–Crippen LogP) is 2.63. The van der Waals surface area contributed by atoms with E-state index in [1.165, 1.54) is 25.3 Å². The number of nitro benzene ring substituents is 1. The highest BCUT2D eigenvalue weighted by Gasteiger charge is 2.11. The first-order valence-electron chi connectivity index (χ1n) is 6.12. The van der Waals surface area contributed by atoms with Gasteiger partial charge in [-0.15, -0.1) is 0 Å². The number of hydrogen-bond donors (Lipinski definition) is 1. The second-order valence-corrected chi connectivity index (χ2v) is 4.38. The molecule has 1 amide bonds. The van der Waals surface area contributed by atoms with E-state index < -0.39 is 4.92 Å². The van der Waals surface area contributed by atoms with Gasteiger partial charge in [-0.3, -0.25) is 14.9 Å². The molecule has 0 aliphatic rings. The molecule has 0 unspecified atom stereocenters. The molecule has 0 aliphatic carbocycles. The van der Waals surface area contributed by atoms with E-state index in [1.54, 1.807) is 25.1 Å². The van der Waals surface area contributed by atoms with Crippen molar-refractivity contribution in [3.63, 3.8) is 0 Å². The van der Waals surface area contributed by atoms with Crippen LogP contribution >= 0.6 is 0 Å². The predicted molar refractivity (Wildman–Crippen MR) is 76.9 cm³/mol. The highest BCUT2D eigenvalue weighted by molar-refractivity contribution is 5.80. The minimum Gasteiger partial charge on any atom is -0.455 e. The minimum absolute atomic E-state index is 0.0373. The first-order chi connectivity index (χ1) is 9.97. The summed E-state index contributed by atoms with van der Waals surface area (Å²) in [5.74, 6) is 0.771. The van der Waals surface area contributed by atoms with E-state index in [-0.39, 0.29) is 11.6 Å². The fourth-order valence-corrected chi connectivity index (χ4v) is 1.79. The Morgan fingerprint density at radius 2 is 2.14 bits per heavy atom. The molecule has 7 nitrogen and oxygen atoms in total. The number of amides is 1. The lowest BCUT2D eigenvalue weighted by molar-refractivity contribution is -0.384. The van der Waals surface area contributed by atoms with E-state index >= 15 is 0 Å². The Morgan fingerprint density at radius 3 is 2.76 bits per heavy atom. The lowest BCUT2D eigenvalue weighted by Gasteiger charge is -2.02. The summed E-state index contributed by atoms with van der Waals surface area (Å²) in [6.07, 6.45) is 1.38. The molecule has 0 aliphatic heterocycles. The Morgan fingerprint density at radius 1 is 1.38 bits per heavy atom. The maximum Gasteiger partial charge on any atom is 0.269 e. The van der Waals surface area contributed by atoms with Crippen molar-refractivity contribution in [3.8, 4) is 11.3 Å². The molecular weight excluding hydrogens is 274 g/mol. The number of rotatable bonds is 4. The van der Waals surface area contributed by atoms with Crippen LogP contribution in [0.1, 0.15) is 18.2 Å². The van der Waals surface area contributed by atoms with Crippen LogP contribution in [0.25, 0.3) is 11.3 Å². The van der Waals surface area contributed by atoms with E-state index in [0.29, 0.717) is 11.5 Å². The van der Waals surface area contributed by atoms with Crippen molar-refractivity contribution in [2.24, 2.45) is 5.10 Å². The minimum atomic E-state index is -0.440. The Hall–Kier alpha value is -2.96. The fraction of sp³-hybridized carbons (Fsp3) is 0.143. The normalized spacial score (nSPS) is 10.8. The summed E-state index contributed by atoms with van der Waals surface area (Å²) >= 11 is 0. The molecule has 0 atom stereocenters. The zero-order valence-electron chi connectivity index (χ0n) is 11.5. The van der Waals surface area contributed by atoms with Crippen LogP contribution in [0.3, 0.4) is 0 Å². The van der Waals surface area contributed by atoms with Crippen molar-refractivity contribution in [2.75, 3.05) is 0 Å². The van der Waals surface area contributed by atoms with E-state index in [1.807, 2.05) is 0 Å². The number of furan rings is 1. The van der Waals surface area contributed by atoms with Crippen LogP contribution in [0, 0.1) is 17.0 Å². The van der Waals surface area contributed by atoms with Gasteiger partial charge < -0.3 is 4.42 Å². The van der Waals surface area contributed by atoms with Crippen LogP contribution in [-0.4, -0.2) is 17.0 Å². The maximum atomic E-state index is 10.7. The molecule has 1 N–H and O–H groups in total. The highest BCUT2D eigenvalue weighted by Crippen LogP contribution is 2.28. The highest BCUT2D eigenvalue weighted by atomic mass is 16.6. The van der Waals surface area contributed by atoms with Crippen LogP contribution in [0.4, 0.5) is 5.69 Å². The molecule has 1 aromatic carbocycles. The summed E-state index contributed by atoms with van der Waals surface area (Å²) in [6.45, 7) is 3.13. The molecule has 21 heavy (non-hydrogen) atoms. The third kappa shape index (κ3) is 3.53. The topological polar surface area (TPSA) is 97.7 Å². The largest absolute Gasteiger partial charge is 0.455 e. The molecule has 2 rings (SSSR count). The smallest absolute Gasteiger partial charge is 0.269 e. The summed E-state index contributed by atoms with van der Waals surface area (Å²) in [6, 6.07) is 7.99. The first kappa shape index (κ1) is 14.4. The van der Waals surface area contributed by atoms with Crippen molar-refractivity contribution in [1.29, 1.82) is 0 Å². The quantitative estimate of drug-likeness (QED) is 0.531. The van der Waals surface area contributed by atoms with E-state index in [4.69, 9.17) is 4.42 Å². The van der Waals surface area contributed by atoms with Crippen molar-refractivity contribution in [1.82, 2.24) is 5.43 Å². The van der Waals surface area contributed by atoms with Gasteiger partial charge in [0.25, 0.3) is 5.69 Å². The Balaban J connectivity index is 2.23. The molecule has 1 heterocycles. The molecular formula is C14H13N3O4. The number of aryl methyl sites for hydroxylation is 1. The molecule has 0 saturated carbocycles. The number of nitrogens with zero attached hydrogens (tertiary/aromatic N) is 2. The Labute approximate surface area is 120 Å². The number of nitro groups is 1. The summed E-state index contributed by atoms with van der Waals surface area (Å²) in [7, 11) is 0. The lowest BCUT2D eigenvalue weighted by atomic mass is 10.1. The van der Waals surface area contributed by atoms with Gasteiger partial charge in [0.1, 0.15) is 11.5 Å². The molecule has 1 aromatic heterocycles. The second kappa shape index (κ2) is 6.00. The molecule has 0 saturated heterocycles.